The van der Waals surface area contributed by atoms with Gasteiger partial charge < -0.3 is 5.32 Å². The van der Waals surface area contributed by atoms with E-state index >= 15 is 0 Å². The lowest BCUT2D eigenvalue weighted by molar-refractivity contribution is 0.0950. The molecule has 0 aliphatic heterocycles. The Kier molecular flexibility index (Phi) is 4.70. The van der Waals surface area contributed by atoms with E-state index in [1.54, 1.807) is 0 Å². The summed E-state index contributed by atoms with van der Waals surface area (Å²) in [7, 11) is 0. The van der Waals surface area contributed by atoms with Gasteiger partial charge in [-0.05, 0) is 43.5 Å². The Labute approximate surface area is 157 Å². The van der Waals surface area contributed by atoms with Gasteiger partial charge in [0, 0.05) is 18.1 Å². The number of nitrogens with one attached hydrogen (secondary N) is 2. The second-order valence-electron chi connectivity index (χ2n) is 6.50. The van der Waals surface area contributed by atoms with E-state index in [0.717, 1.165) is 35.1 Å². The maximum absolute atomic E-state index is 12.4. The van der Waals surface area contributed by atoms with Crippen molar-refractivity contribution in [1.29, 1.82) is 0 Å². The molecule has 0 aliphatic carbocycles. The average Bonchev–Trinajstić information content (AvgIpc) is 3.29. The van der Waals surface area contributed by atoms with Crippen molar-refractivity contribution in [2.24, 2.45) is 0 Å². The molecule has 4 rings (SSSR count). The van der Waals surface area contributed by atoms with Crippen LogP contribution in [0.1, 0.15) is 28.2 Å². The molecule has 0 spiro atoms. The molecule has 0 atom stereocenters. The molecule has 0 aliphatic rings. The number of aryl methyl sites for hydroxylation is 2. The summed E-state index contributed by atoms with van der Waals surface area (Å²) in [5, 5.41) is 15.4. The number of rotatable bonds is 6. The van der Waals surface area contributed by atoms with Crippen LogP contribution in [0.25, 0.3) is 16.6 Å². The van der Waals surface area contributed by atoms with Gasteiger partial charge >= 0.3 is 0 Å². The van der Waals surface area contributed by atoms with Crippen molar-refractivity contribution >= 4 is 16.8 Å². The zero-order chi connectivity index (χ0) is 18.6. The van der Waals surface area contributed by atoms with E-state index in [9.17, 15) is 4.79 Å². The first-order valence-corrected chi connectivity index (χ1v) is 9.04. The fraction of sp³-hybridized carbons (Fsp3) is 0.190. The molecule has 136 valence electrons. The highest BCUT2D eigenvalue weighted by Gasteiger charge is 2.13. The third-order valence-corrected chi connectivity index (χ3v) is 4.62. The molecular formula is C21H21N5O. The van der Waals surface area contributed by atoms with E-state index in [1.807, 2.05) is 66.2 Å². The predicted octanol–water partition coefficient (Wildman–Crippen LogP) is 3.42. The molecule has 2 aromatic heterocycles. The average molecular weight is 359 g/mol. The summed E-state index contributed by atoms with van der Waals surface area (Å²) in [5.41, 5.74) is 4.57. The monoisotopic (exact) mass is 359 g/mol. The highest BCUT2D eigenvalue weighted by atomic mass is 16.1. The minimum Gasteiger partial charge on any atom is -0.351 e. The normalized spacial score (nSPS) is 11.0. The summed E-state index contributed by atoms with van der Waals surface area (Å²) < 4.78 is 1.90. The number of hydrogen-bond acceptors (Lipinski definition) is 3. The number of H-pyrrole nitrogens is 1. The summed E-state index contributed by atoms with van der Waals surface area (Å²) in [6.45, 7) is 2.61. The van der Waals surface area contributed by atoms with E-state index in [2.05, 4.69) is 26.8 Å². The van der Waals surface area contributed by atoms with Crippen molar-refractivity contribution < 1.29 is 4.79 Å². The Balaban J connectivity index is 1.34. The molecule has 4 aromatic rings. The van der Waals surface area contributed by atoms with Crippen molar-refractivity contribution in [3.8, 4) is 5.69 Å². The van der Waals surface area contributed by atoms with Crippen LogP contribution in [-0.4, -0.2) is 32.4 Å². The number of hydrogen-bond donors (Lipinski definition) is 2. The minimum atomic E-state index is -0.149. The topological polar surface area (TPSA) is 75.6 Å². The maximum atomic E-state index is 12.4. The van der Waals surface area contributed by atoms with Crippen LogP contribution in [0.3, 0.4) is 0 Å². The van der Waals surface area contributed by atoms with Gasteiger partial charge in [-0.1, -0.05) is 36.4 Å². The van der Waals surface area contributed by atoms with Crippen molar-refractivity contribution in [2.45, 2.75) is 19.8 Å². The SMILES string of the molecule is Cc1nn(-c2ccccc2)cc1CCCNC(=O)c1n[nH]c2ccccc12. The van der Waals surface area contributed by atoms with Gasteiger partial charge in [-0.15, -0.1) is 0 Å². The smallest absolute Gasteiger partial charge is 0.272 e. The molecule has 2 aromatic carbocycles. The van der Waals surface area contributed by atoms with Crippen molar-refractivity contribution in [3.05, 3.63) is 77.7 Å². The van der Waals surface area contributed by atoms with Gasteiger partial charge in [-0.2, -0.15) is 10.2 Å². The largest absolute Gasteiger partial charge is 0.351 e. The fourth-order valence-corrected chi connectivity index (χ4v) is 3.16. The van der Waals surface area contributed by atoms with Gasteiger partial charge in [-0.25, -0.2) is 4.68 Å². The van der Waals surface area contributed by atoms with Crippen LogP contribution in [-0.2, 0) is 6.42 Å². The van der Waals surface area contributed by atoms with Crippen LogP contribution in [0.5, 0.6) is 0 Å². The van der Waals surface area contributed by atoms with Gasteiger partial charge in [0.2, 0.25) is 0 Å². The quantitative estimate of drug-likeness (QED) is 0.518. The van der Waals surface area contributed by atoms with E-state index in [-0.39, 0.29) is 5.91 Å². The number of nitrogens with zero attached hydrogens (tertiary/aromatic N) is 3. The van der Waals surface area contributed by atoms with Crippen LogP contribution in [0.15, 0.2) is 60.8 Å². The first-order chi connectivity index (χ1) is 13.2. The second kappa shape index (κ2) is 7.45. The Morgan fingerprint density at radius 1 is 1.11 bits per heavy atom. The number of carbonyl (C=O) groups is 1. The number of fused-ring (bicyclic) bond motifs is 1. The van der Waals surface area contributed by atoms with Gasteiger partial charge in [0.15, 0.2) is 5.69 Å². The molecule has 6 nitrogen and oxygen atoms in total. The molecule has 27 heavy (non-hydrogen) atoms. The van der Waals surface area contributed by atoms with Crippen LogP contribution in [0.4, 0.5) is 0 Å². The third kappa shape index (κ3) is 3.60. The van der Waals surface area contributed by atoms with E-state index in [1.165, 1.54) is 5.56 Å². The molecule has 6 heteroatoms. The summed E-state index contributed by atoms with van der Waals surface area (Å²) in [6.07, 6.45) is 3.77. The Bertz CT molecular complexity index is 1060. The van der Waals surface area contributed by atoms with Gasteiger partial charge in [0.25, 0.3) is 5.91 Å². The fourth-order valence-electron chi connectivity index (χ4n) is 3.16. The Morgan fingerprint density at radius 3 is 2.74 bits per heavy atom. The number of aromatic nitrogens is 4. The van der Waals surface area contributed by atoms with Crippen LogP contribution >= 0.6 is 0 Å². The maximum Gasteiger partial charge on any atom is 0.272 e. The number of para-hydroxylation sites is 2. The van der Waals surface area contributed by atoms with Crippen LogP contribution < -0.4 is 5.32 Å². The molecule has 0 bridgehead atoms. The van der Waals surface area contributed by atoms with Crippen molar-refractivity contribution in [2.75, 3.05) is 6.54 Å². The zero-order valence-corrected chi connectivity index (χ0v) is 15.1. The van der Waals surface area contributed by atoms with Crippen LogP contribution in [0.2, 0.25) is 0 Å². The third-order valence-electron chi connectivity index (χ3n) is 4.62. The van der Waals surface area contributed by atoms with Gasteiger partial charge in [-0.3, -0.25) is 9.89 Å². The van der Waals surface area contributed by atoms with Crippen molar-refractivity contribution in [1.82, 2.24) is 25.3 Å². The molecule has 2 N–H and O–H groups in total. The molecule has 0 unspecified atom stereocenters. The molecule has 0 saturated carbocycles. The van der Waals surface area contributed by atoms with E-state index < -0.39 is 0 Å². The van der Waals surface area contributed by atoms with Crippen molar-refractivity contribution in [3.63, 3.8) is 0 Å². The predicted molar refractivity (Wildman–Crippen MR) is 105 cm³/mol. The van der Waals surface area contributed by atoms with Crippen LogP contribution in [0, 0.1) is 6.92 Å². The van der Waals surface area contributed by atoms with Gasteiger partial charge in [0.05, 0.1) is 16.9 Å². The van der Waals surface area contributed by atoms with Gasteiger partial charge in [0.1, 0.15) is 0 Å². The molecule has 0 fully saturated rings. The lowest BCUT2D eigenvalue weighted by Gasteiger charge is -2.03. The number of aromatic amines is 1. The number of benzene rings is 2. The first kappa shape index (κ1) is 17.0. The summed E-state index contributed by atoms with van der Waals surface area (Å²) in [5.74, 6) is -0.149. The lowest BCUT2D eigenvalue weighted by atomic mass is 10.1. The van der Waals surface area contributed by atoms with E-state index in [4.69, 9.17) is 0 Å². The minimum absolute atomic E-state index is 0.149. The standard InChI is InChI=1S/C21H21N5O/c1-15-16(14-26(25-15)17-9-3-2-4-10-17)8-7-13-22-21(27)20-18-11-5-6-12-19(18)23-24-20/h2-6,9-12,14H,7-8,13H2,1H3,(H,22,27)(H,23,24). The first-order valence-electron chi connectivity index (χ1n) is 9.04. The second-order valence-corrected chi connectivity index (χ2v) is 6.50. The van der Waals surface area contributed by atoms with E-state index in [0.29, 0.717) is 12.2 Å². The Hall–Kier alpha value is -3.41. The number of carbonyl (C=O) groups excluding carboxylic acids is 1. The summed E-state index contributed by atoms with van der Waals surface area (Å²) >= 11 is 0. The molecular weight excluding hydrogens is 338 g/mol. The summed E-state index contributed by atoms with van der Waals surface area (Å²) in [6, 6.07) is 17.7. The zero-order valence-electron chi connectivity index (χ0n) is 15.1. The molecule has 2 heterocycles. The number of amides is 1. The lowest BCUT2D eigenvalue weighted by Crippen LogP contribution is -2.25. The molecule has 0 saturated heterocycles. The highest BCUT2D eigenvalue weighted by molar-refractivity contribution is 6.04. The molecule has 1 amide bonds. The molecule has 0 radical (unpaired) electrons. The highest BCUT2D eigenvalue weighted by Crippen LogP contribution is 2.15. The summed E-state index contributed by atoms with van der Waals surface area (Å²) in [4.78, 5) is 12.4. The Morgan fingerprint density at radius 2 is 1.89 bits per heavy atom.